The van der Waals surface area contributed by atoms with Crippen molar-refractivity contribution in [2.24, 2.45) is 0 Å². The molecule has 0 radical (unpaired) electrons. The van der Waals surface area contributed by atoms with Crippen LogP contribution in [0.15, 0.2) is 22.2 Å². The number of esters is 1. The zero-order valence-corrected chi connectivity index (χ0v) is 10.3. The van der Waals surface area contributed by atoms with Crippen LogP contribution in [0.1, 0.15) is 6.92 Å². The molecule has 16 heavy (non-hydrogen) atoms. The van der Waals surface area contributed by atoms with Crippen LogP contribution in [0.2, 0.25) is 0 Å². The molecule has 1 heterocycles. The lowest BCUT2D eigenvalue weighted by molar-refractivity contribution is -0.138. The number of nitrogens with one attached hydrogen (secondary N) is 1. The number of thioether (sulfide) groups is 1. The first-order valence-electron chi connectivity index (χ1n) is 4.78. The highest BCUT2D eigenvalue weighted by atomic mass is 32.2. The van der Waals surface area contributed by atoms with Crippen molar-refractivity contribution in [3.8, 4) is 0 Å². The van der Waals surface area contributed by atoms with Crippen LogP contribution in [0.5, 0.6) is 0 Å². The SMILES string of the molecule is CCOC(=O)C1=CSC(=CC(=O)N(C)C)N1. The van der Waals surface area contributed by atoms with Crippen molar-refractivity contribution < 1.29 is 14.3 Å². The average molecular weight is 242 g/mol. The van der Waals surface area contributed by atoms with E-state index in [1.807, 2.05) is 0 Å². The molecule has 1 rings (SSSR count). The van der Waals surface area contributed by atoms with Crippen molar-refractivity contribution >= 4 is 23.6 Å². The fourth-order valence-corrected chi connectivity index (χ4v) is 1.67. The van der Waals surface area contributed by atoms with Gasteiger partial charge in [-0.2, -0.15) is 0 Å². The second-order valence-electron chi connectivity index (χ2n) is 3.24. The van der Waals surface area contributed by atoms with E-state index in [0.29, 0.717) is 17.3 Å². The van der Waals surface area contributed by atoms with Gasteiger partial charge < -0.3 is 15.0 Å². The lowest BCUT2D eigenvalue weighted by Gasteiger charge is -2.07. The van der Waals surface area contributed by atoms with E-state index in [1.54, 1.807) is 26.4 Å². The Morgan fingerprint density at radius 3 is 2.81 bits per heavy atom. The molecule has 0 unspecified atom stereocenters. The van der Waals surface area contributed by atoms with Crippen molar-refractivity contribution in [3.63, 3.8) is 0 Å². The normalized spacial score (nSPS) is 16.7. The molecule has 0 aromatic heterocycles. The Morgan fingerprint density at radius 1 is 1.56 bits per heavy atom. The van der Waals surface area contributed by atoms with Gasteiger partial charge in [0.15, 0.2) is 0 Å². The summed E-state index contributed by atoms with van der Waals surface area (Å²) in [6.45, 7) is 2.07. The van der Waals surface area contributed by atoms with Crippen LogP contribution < -0.4 is 5.32 Å². The second-order valence-corrected chi connectivity index (χ2v) is 4.15. The fourth-order valence-electron chi connectivity index (χ4n) is 0.933. The maximum Gasteiger partial charge on any atom is 0.355 e. The molecular weight excluding hydrogens is 228 g/mol. The quantitative estimate of drug-likeness (QED) is 0.582. The first kappa shape index (κ1) is 12.6. The van der Waals surface area contributed by atoms with Gasteiger partial charge in [-0.25, -0.2) is 4.79 Å². The van der Waals surface area contributed by atoms with Crippen LogP contribution in [0.3, 0.4) is 0 Å². The summed E-state index contributed by atoms with van der Waals surface area (Å²) in [6.07, 6.45) is 1.44. The number of ether oxygens (including phenoxy) is 1. The third kappa shape index (κ3) is 3.30. The molecule has 0 aromatic carbocycles. The molecule has 0 atom stereocenters. The monoisotopic (exact) mass is 242 g/mol. The van der Waals surface area contributed by atoms with Crippen LogP contribution in [-0.4, -0.2) is 37.5 Å². The van der Waals surface area contributed by atoms with Crippen molar-refractivity contribution in [2.75, 3.05) is 20.7 Å². The highest BCUT2D eigenvalue weighted by Gasteiger charge is 2.18. The smallest absolute Gasteiger partial charge is 0.355 e. The topological polar surface area (TPSA) is 58.6 Å². The molecule has 0 saturated heterocycles. The van der Waals surface area contributed by atoms with E-state index < -0.39 is 5.97 Å². The number of carbonyl (C=O) groups is 2. The summed E-state index contributed by atoms with van der Waals surface area (Å²) in [6, 6.07) is 0. The molecule has 0 saturated carbocycles. The van der Waals surface area contributed by atoms with Gasteiger partial charge in [-0.1, -0.05) is 11.8 Å². The zero-order chi connectivity index (χ0) is 12.1. The van der Waals surface area contributed by atoms with Crippen molar-refractivity contribution in [2.45, 2.75) is 6.92 Å². The van der Waals surface area contributed by atoms with E-state index in [-0.39, 0.29) is 5.91 Å². The van der Waals surface area contributed by atoms with Crippen LogP contribution in [-0.2, 0) is 14.3 Å². The number of hydrogen-bond acceptors (Lipinski definition) is 5. The van der Waals surface area contributed by atoms with Crippen LogP contribution in [0, 0.1) is 0 Å². The Bertz CT molecular complexity index is 361. The van der Waals surface area contributed by atoms with Crippen LogP contribution in [0.4, 0.5) is 0 Å². The summed E-state index contributed by atoms with van der Waals surface area (Å²) < 4.78 is 4.82. The summed E-state index contributed by atoms with van der Waals surface area (Å²) >= 11 is 1.29. The third-order valence-corrected chi connectivity index (χ3v) is 2.58. The van der Waals surface area contributed by atoms with E-state index in [4.69, 9.17) is 4.74 Å². The minimum absolute atomic E-state index is 0.131. The largest absolute Gasteiger partial charge is 0.461 e. The molecule has 1 aliphatic rings. The van der Waals surface area contributed by atoms with E-state index in [0.717, 1.165) is 0 Å². The minimum Gasteiger partial charge on any atom is -0.461 e. The van der Waals surface area contributed by atoms with Gasteiger partial charge in [0.1, 0.15) is 5.70 Å². The predicted molar refractivity (Wildman–Crippen MR) is 62.2 cm³/mol. The molecule has 88 valence electrons. The lowest BCUT2D eigenvalue weighted by Crippen LogP contribution is -2.22. The Labute approximate surface area is 98.5 Å². The maximum atomic E-state index is 11.4. The first-order valence-corrected chi connectivity index (χ1v) is 5.66. The standard InChI is InChI=1S/C10H14N2O3S/c1-4-15-10(14)7-6-16-8(11-7)5-9(13)12(2)3/h5-6,11H,4H2,1-3H3. The fraction of sp³-hybridized carbons (Fsp3) is 0.400. The van der Waals surface area contributed by atoms with E-state index in [2.05, 4.69) is 5.32 Å². The minimum atomic E-state index is -0.407. The van der Waals surface area contributed by atoms with Gasteiger partial charge in [0, 0.05) is 25.6 Å². The Hall–Kier alpha value is -1.43. The van der Waals surface area contributed by atoms with Crippen molar-refractivity contribution in [1.82, 2.24) is 10.2 Å². The number of nitrogens with zero attached hydrogens (tertiary/aromatic N) is 1. The molecule has 5 nitrogen and oxygen atoms in total. The molecule has 0 aliphatic carbocycles. The molecule has 0 bridgehead atoms. The highest BCUT2D eigenvalue weighted by molar-refractivity contribution is 8.06. The average Bonchev–Trinajstić information content (AvgIpc) is 2.66. The molecule has 0 aromatic rings. The number of hydrogen-bond donors (Lipinski definition) is 1. The molecule has 1 aliphatic heterocycles. The Balaban J connectivity index is 2.57. The van der Waals surface area contributed by atoms with Gasteiger partial charge in [-0.3, -0.25) is 4.79 Å². The third-order valence-electron chi connectivity index (χ3n) is 1.75. The van der Waals surface area contributed by atoms with Gasteiger partial charge >= 0.3 is 5.97 Å². The first-order chi connectivity index (χ1) is 7.54. The summed E-state index contributed by atoms with van der Waals surface area (Å²) in [5, 5.41) is 5.08. The molecule has 1 N–H and O–H groups in total. The van der Waals surface area contributed by atoms with Gasteiger partial charge in [-0.05, 0) is 6.92 Å². The van der Waals surface area contributed by atoms with Crippen LogP contribution in [0.25, 0.3) is 0 Å². The molecule has 1 amide bonds. The number of rotatable bonds is 3. The number of carbonyl (C=O) groups excluding carboxylic acids is 2. The predicted octanol–water partition coefficient (Wildman–Crippen LogP) is 0.657. The van der Waals surface area contributed by atoms with Crippen molar-refractivity contribution in [3.05, 3.63) is 22.2 Å². The number of likely N-dealkylation sites (N-methyl/N-ethyl adjacent to an activating group) is 1. The van der Waals surface area contributed by atoms with Gasteiger partial charge in [0.25, 0.3) is 0 Å². The Kier molecular flexibility index (Phi) is 4.42. The molecular formula is C10H14N2O3S. The summed E-state index contributed by atoms with van der Waals surface area (Å²) in [4.78, 5) is 24.1. The summed E-state index contributed by atoms with van der Waals surface area (Å²) in [5.41, 5.74) is 0.365. The van der Waals surface area contributed by atoms with E-state index in [9.17, 15) is 9.59 Å². The van der Waals surface area contributed by atoms with Gasteiger partial charge in [-0.15, -0.1) is 0 Å². The highest BCUT2D eigenvalue weighted by Crippen LogP contribution is 2.24. The summed E-state index contributed by atoms with van der Waals surface area (Å²) in [5.74, 6) is -0.538. The van der Waals surface area contributed by atoms with E-state index >= 15 is 0 Å². The second kappa shape index (κ2) is 5.60. The zero-order valence-electron chi connectivity index (χ0n) is 9.44. The number of amides is 1. The van der Waals surface area contributed by atoms with Crippen LogP contribution >= 0.6 is 11.8 Å². The maximum absolute atomic E-state index is 11.4. The van der Waals surface area contributed by atoms with E-state index in [1.165, 1.54) is 22.7 Å². The van der Waals surface area contributed by atoms with Gasteiger partial charge in [0.2, 0.25) is 5.91 Å². The molecule has 0 spiro atoms. The molecule has 6 heteroatoms. The lowest BCUT2D eigenvalue weighted by atomic mass is 10.4. The molecule has 0 fully saturated rings. The Morgan fingerprint density at radius 2 is 2.25 bits per heavy atom. The van der Waals surface area contributed by atoms with Gasteiger partial charge in [0.05, 0.1) is 11.6 Å². The van der Waals surface area contributed by atoms with Crippen molar-refractivity contribution in [1.29, 1.82) is 0 Å². The summed E-state index contributed by atoms with van der Waals surface area (Å²) in [7, 11) is 3.33.